The van der Waals surface area contributed by atoms with Gasteiger partial charge in [0.2, 0.25) is 0 Å². The Kier molecular flexibility index (Phi) is 2.30. The zero-order valence-electron chi connectivity index (χ0n) is 8.58. The summed E-state index contributed by atoms with van der Waals surface area (Å²) in [5.41, 5.74) is 9.67. The molecule has 0 aliphatic heterocycles. The lowest BCUT2D eigenvalue weighted by Crippen LogP contribution is -2.10. The van der Waals surface area contributed by atoms with Crippen LogP contribution in [0.25, 0.3) is 0 Å². The standard InChI is InChI=1S/C12H15NO/c1-8-3-6-10(11(7-8)14-2)12(13)9-4-5-9/h3-4,6-7,12H,5,13H2,1-2H3/t12-/m1/s1. The molecule has 2 N–H and O–H groups in total. The summed E-state index contributed by atoms with van der Waals surface area (Å²) in [7, 11) is 1.69. The van der Waals surface area contributed by atoms with Crippen LogP contribution in [0.2, 0.25) is 0 Å². The molecule has 0 heterocycles. The molecule has 0 fully saturated rings. The number of hydrogen-bond donors (Lipinski definition) is 1. The van der Waals surface area contributed by atoms with Gasteiger partial charge in [0.15, 0.2) is 0 Å². The van der Waals surface area contributed by atoms with Crippen molar-refractivity contribution in [3.8, 4) is 5.75 Å². The maximum Gasteiger partial charge on any atom is 0.124 e. The van der Waals surface area contributed by atoms with Gasteiger partial charge in [0.05, 0.1) is 13.2 Å². The zero-order valence-corrected chi connectivity index (χ0v) is 8.58. The highest BCUT2D eigenvalue weighted by molar-refractivity contribution is 5.45. The molecule has 1 aliphatic carbocycles. The normalized spacial score (nSPS) is 16.1. The molecule has 1 aromatic carbocycles. The van der Waals surface area contributed by atoms with Crippen LogP contribution in [-0.2, 0) is 0 Å². The number of aryl methyl sites for hydroxylation is 1. The average Bonchev–Trinajstić information content (AvgIpc) is 3.00. The van der Waals surface area contributed by atoms with Crippen LogP contribution in [0.4, 0.5) is 0 Å². The molecule has 0 radical (unpaired) electrons. The van der Waals surface area contributed by atoms with Crippen molar-refractivity contribution in [2.45, 2.75) is 19.4 Å². The fraction of sp³-hybridized carbons (Fsp3) is 0.333. The topological polar surface area (TPSA) is 35.2 Å². The lowest BCUT2D eigenvalue weighted by Gasteiger charge is -2.13. The Morgan fingerprint density at radius 1 is 1.43 bits per heavy atom. The summed E-state index contributed by atoms with van der Waals surface area (Å²) in [5.74, 6) is 0.894. The van der Waals surface area contributed by atoms with Gasteiger partial charge in [-0.2, -0.15) is 0 Å². The molecular formula is C12H15NO. The van der Waals surface area contributed by atoms with E-state index < -0.39 is 0 Å². The number of hydrogen-bond acceptors (Lipinski definition) is 2. The lowest BCUT2D eigenvalue weighted by atomic mass is 10.0. The molecule has 1 aromatic rings. The molecule has 0 bridgehead atoms. The summed E-state index contributed by atoms with van der Waals surface area (Å²) >= 11 is 0. The van der Waals surface area contributed by atoms with Gasteiger partial charge in [-0.1, -0.05) is 18.2 Å². The molecule has 2 nitrogen and oxygen atoms in total. The van der Waals surface area contributed by atoms with Gasteiger partial charge in [0.25, 0.3) is 0 Å². The van der Waals surface area contributed by atoms with Crippen LogP contribution in [0.15, 0.2) is 29.8 Å². The first kappa shape index (κ1) is 9.28. The van der Waals surface area contributed by atoms with E-state index in [1.807, 2.05) is 13.0 Å². The van der Waals surface area contributed by atoms with E-state index in [2.05, 4.69) is 18.2 Å². The van der Waals surface area contributed by atoms with Gasteiger partial charge in [-0.15, -0.1) is 0 Å². The molecule has 0 saturated carbocycles. The van der Waals surface area contributed by atoms with Crippen LogP contribution >= 0.6 is 0 Å². The highest BCUT2D eigenvalue weighted by Gasteiger charge is 2.20. The Bertz CT molecular complexity index is 382. The van der Waals surface area contributed by atoms with Gasteiger partial charge < -0.3 is 10.5 Å². The van der Waals surface area contributed by atoms with E-state index in [0.717, 1.165) is 17.7 Å². The van der Waals surface area contributed by atoms with Crippen LogP contribution in [0.1, 0.15) is 23.6 Å². The van der Waals surface area contributed by atoms with Gasteiger partial charge in [-0.25, -0.2) is 0 Å². The molecule has 74 valence electrons. The minimum Gasteiger partial charge on any atom is -0.496 e. The van der Waals surface area contributed by atoms with Crippen molar-refractivity contribution in [1.82, 2.24) is 0 Å². The number of nitrogens with two attached hydrogens (primary N) is 1. The molecule has 1 atom stereocenters. The van der Waals surface area contributed by atoms with Gasteiger partial charge in [-0.05, 0) is 30.5 Å². The van der Waals surface area contributed by atoms with E-state index in [9.17, 15) is 0 Å². The average molecular weight is 189 g/mol. The number of methoxy groups -OCH3 is 1. The van der Waals surface area contributed by atoms with Crippen LogP contribution in [0.3, 0.4) is 0 Å². The molecule has 0 aromatic heterocycles. The maximum absolute atomic E-state index is 6.08. The summed E-state index contributed by atoms with van der Waals surface area (Å²) in [6.45, 7) is 2.05. The van der Waals surface area contributed by atoms with Crippen molar-refractivity contribution in [3.63, 3.8) is 0 Å². The second-order valence-electron chi connectivity index (χ2n) is 3.71. The fourth-order valence-corrected chi connectivity index (χ4v) is 1.59. The Hall–Kier alpha value is -1.28. The van der Waals surface area contributed by atoms with Crippen LogP contribution < -0.4 is 10.5 Å². The van der Waals surface area contributed by atoms with Crippen molar-refractivity contribution in [2.75, 3.05) is 7.11 Å². The monoisotopic (exact) mass is 189 g/mol. The quantitative estimate of drug-likeness (QED) is 0.741. The summed E-state index contributed by atoms with van der Waals surface area (Å²) in [4.78, 5) is 0. The van der Waals surface area contributed by atoms with E-state index in [0.29, 0.717) is 0 Å². The van der Waals surface area contributed by atoms with Gasteiger partial charge in [0, 0.05) is 5.56 Å². The van der Waals surface area contributed by atoms with Crippen LogP contribution in [-0.4, -0.2) is 7.11 Å². The number of benzene rings is 1. The summed E-state index contributed by atoms with van der Waals surface area (Å²) in [6, 6.07) is 6.17. The zero-order chi connectivity index (χ0) is 10.1. The first-order valence-electron chi connectivity index (χ1n) is 4.81. The van der Waals surface area contributed by atoms with Crippen molar-refractivity contribution in [1.29, 1.82) is 0 Å². The summed E-state index contributed by atoms with van der Waals surface area (Å²) in [6.07, 6.45) is 3.21. The van der Waals surface area contributed by atoms with Crippen LogP contribution in [0, 0.1) is 6.92 Å². The molecule has 0 saturated heterocycles. The Morgan fingerprint density at radius 3 is 2.71 bits per heavy atom. The molecule has 0 amide bonds. The molecule has 0 spiro atoms. The van der Waals surface area contributed by atoms with Gasteiger partial charge >= 0.3 is 0 Å². The molecule has 2 heteroatoms. The first-order chi connectivity index (χ1) is 6.72. The largest absolute Gasteiger partial charge is 0.496 e. The minimum atomic E-state index is 0.0190. The molecule has 0 unspecified atom stereocenters. The molecule has 14 heavy (non-hydrogen) atoms. The van der Waals surface area contributed by atoms with Crippen molar-refractivity contribution < 1.29 is 4.74 Å². The first-order valence-corrected chi connectivity index (χ1v) is 4.81. The smallest absolute Gasteiger partial charge is 0.124 e. The van der Waals surface area contributed by atoms with Crippen molar-refractivity contribution in [2.24, 2.45) is 5.73 Å². The SMILES string of the molecule is COc1cc(C)ccc1[C@H](N)C1=CC1. The fourth-order valence-electron chi connectivity index (χ4n) is 1.59. The van der Waals surface area contributed by atoms with E-state index in [4.69, 9.17) is 10.5 Å². The van der Waals surface area contributed by atoms with Crippen molar-refractivity contribution in [3.05, 3.63) is 41.0 Å². The lowest BCUT2D eigenvalue weighted by molar-refractivity contribution is 0.407. The Morgan fingerprint density at radius 2 is 2.14 bits per heavy atom. The molecule has 1 aliphatic rings. The summed E-state index contributed by atoms with van der Waals surface area (Å²) in [5, 5.41) is 0. The summed E-state index contributed by atoms with van der Waals surface area (Å²) < 4.78 is 5.32. The maximum atomic E-state index is 6.08. The number of rotatable bonds is 3. The Labute approximate surface area is 84.4 Å². The highest BCUT2D eigenvalue weighted by Crippen LogP contribution is 2.36. The van der Waals surface area contributed by atoms with E-state index in [-0.39, 0.29) is 6.04 Å². The van der Waals surface area contributed by atoms with E-state index in [1.54, 1.807) is 7.11 Å². The number of allylic oxidation sites excluding steroid dienone is 1. The second-order valence-corrected chi connectivity index (χ2v) is 3.71. The Balaban J connectivity index is 2.35. The minimum absolute atomic E-state index is 0.0190. The molecule has 2 rings (SSSR count). The second kappa shape index (κ2) is 3.46. The third-order valence-electron chi connectivity index (χ3n) is 2.56. The van der Waals surface area contributed by atoms with Gasteiger partial charge in [0.1, 0.15) is 5.75 Å². The third kappa shape index (κ3) is 1.66. The predicted molar refractivity (Wildman–Crippen MR) is 57.4 cm³/mol. The third-order valence-corrected chi connectivity index (χ3v) is 2.56. The van der Waals surface area contributed by atoms with Crippen molar-refractivity contribution >= 4 is 0 Å². The predicted octanol–water partition coefficient (Wildman–Crippen LogP) is 2.33. The van der Waals surface area contributed by atoms with Crippen LogP contribution in [0.5, 0.6) is 5.75 Å². The number of ether oxygens (including phenoxy) is 1. The van der Waals surface area contributed by atoms with E-state index in [1.165, 1.54) is 11.1 Å². The van der Waals surface area contributed by atoms with Gasteiger partial charge in [-0.3, -0.25) is 0 Å². The molecular weight excluding hydrogens is 174 g/mol. The van der Waals surface area contributed by atoms with E-state index >= 15 is 0 Å². The highest BCUT2D eigenvalue weighted by atomic mass is 16.5.